The fourth-order valence-corrected chi connectivity index (χ4v) is 7.02. The van der Waals surface area contributed by atoms with Gasteiger partial charge in [0.1, 0.15) is 11.5 Å². The topological polar surface area (TPSA) is 124 Å². The summed E-state index contributed by atoms with van der Waals surface area (Å²) in [6.45, 7) is 0. The number of likely N-dealkylation sites (tertiary alicyclic amines) is 1. The molecule has 5 rings (SSSR count). The average Bonchev–Trinajstić information content (AvgIpc) is 3.09. The smallest absolute Gasteiger partial charge is 0.257 e. The van der Waals surface area contributed by atoms with Crippen LogP contribution in [0.4, 0.5) is 0 Å². The van der Waals surface area contributed by atoms with Crippen molar-refractivity contribution in [3.63, 3.8) is 0 Å². The van der Waals surface area contributed by atoms with E-state index in [9.17, 15) is 29.5 Å². The Morgan fingerprint density at radius 1 is 1.09 bits per heavy atom. The molecule has 4 aliphatic rings. The number of alkyl halides is 2. The number of phenolic OH excluding ortho intramolecular Hbond substituents is 1. The van der Waals surface area contributed by atoms with Crippen molar-refractivity contribution in [2.24, 2.45) is 17.8 Å². The third-order valence-corrected chi connectivity index (χ3v) is 8.93. The molecule has 2 aliphatic heterocycles. The van der Waals surface area contributed by atoms with Crippen LogP contribution in [0.5, 0.6) is 11.5 Å². The van der Waals surface area contributed by atoms with E-state index in [1.165, 1.54) is 32.4 Å². The number of carbonyl (C=O) groups is 4. The highest BCUT2D eigenvalue weighted by molar-refractivity contribution is 6.53. The second-order valence-corrected chi connectivity index (χ2v) is 10.2. The number of methoxy groups -OCH3 is 1. The molecule has 0 unspecified atom stereocenters. The molecule has 1 aromatic carbocycles. The van der Waals surface area contributed by atoms with Crippen molar-refractivity contribution in [3.05, 3.63) is 35.4 Å². The minimum Gasteiger partial charge on any atom is -0.508 e. The molecular formula is C22H20Cl2N2O7. The van der Waals surface area contributed by atoms with Crippen LogP contribution in [0, 0.1) is 17.8 Å². The number of hydrogen-bond donors (Lipinski definition) is 2. The molecule has 3 fully saturated rings. The number of hydrogen-bond acceptors (Lipinski definition) is 7. The number of carbonyl (C=O) groups excluding carboxylic acids is 4. The quantitative estimate of drug-likeness (QED) is 0.277. The summed E-state index contributed by atoms with van der Waals surface area (Å²) in [5.74, 6) is -6.22. The molecule has 2 heterocycles. The van der Waals surface area contributed by atoms with Gasteiger partial charge in [-0.05, 0) is 24.8 Å². The summed E-state index contributed by atoms with van der Waals surface area (Å²) in [6.07, 6.45) is 1.73. The van der Waals surface area contributed by atoms with Gasteiger partial charge in [0, 0.05) is 24.6 Å². The summed E-state index contributed by atoms with van der Waals surface area (Å²) in [7, 11) is 2.68. The second kappa shape index (κ2) is 6.94. The zero-order valence-corrected chi connectivity index (χ0v) is 19.1. The first kappa shape index (κ1) is 22.2. The lowest BCUT2D eigenvalue weighted by molar-refractivity contribution is -0.173. The van der Waals surface area contributed by atoms with Crippen LogP contribution in [0.25, 0.3) is 0 Å². The summed E-state index contributed by atoms with van der Waals surface area (Å²) in [4.78, 5) is 48.9. The highest BCUT2D eigenvalue weighted by Crippen LogP contribution is 2.66. The van der Waals surface area contributed by atoms with E-state index >= 15 is 0 Å². The molecule has 2 N–H and O–H groups in total. The zero-order valence-electron chi connectivity index (χ0n) is 17.6. The van der Waals surface area contributed by atoms with Gasteiger partial charge in [-0.2, -0.15) is 5.06 Å². The number of amides is 4. The summed E-state index contributed by atoms with van der Waals surface area (Å²) in [6, 6.07) is 4.28. The largest absolute Gasteiger partial charge is 0.508 e. The van der Waals surface area contributed by atoms with Gasteiger partial charge < -0.3 is 9.84 Å². The van der Waals surface area contributed by atoms with Crippen LogP contribution in [-0.2, 0) is 19.2 Å². The maximum atomic E-state index is 13.4. The summed E-state index contributed by atoms with van der Waals surface area (Å²) < 4.78 is 5.45. The van der Waals surface area contributed by atoms with Gasteiger partial charge in [-0.15, -0.1) is 23.2 Å². The van der Waals surface area contributed by atoms with Gasteiger partial charge >= 0.3 is 0 Å². The average molecular weight is 495 g/mol. The fourth-order valence-electron chi connectivity index (χ4n) is 6.01. The first-order chi connectivity index (χ1) is 15.5. The number of benzene rings is 1. The molecule has 4 amide bonds. The van der Waals surface area contributed by atoms with Crippen LogP contribution in [0.15, 0.2) is 29.8 Å². The van der Waals surface area contributed by atoms with E-state index in [0.717, 1.165) is 4.90 Å². The van der Waals surface area contributed by atoms with Crippen molar-refractivity contribution in [1.82, 2.24) is 9.96 Å². The molecule has 2 saturated heterocycles. The monoisotopic (exact) mass is 494 g/mol. The highest BCUT2D eigenvalue weighted by atomic mass is 35.5. The Morgan fingerprint density at radius 2 is 1.79 bits per heavy atom. The molecule has 0 radical (unpaired) electrons. The van der Waals surface area contributed by atoms with E-state index in [1.807, 2.05) is 0 Å². The van der Waals surface area contributed by atoms with Gasteiger partial charge in [0.25, 0.3) is 23.6 Å². The van der Waals surface area contributed by atoms with E-state index in [0.29, 0.717) is 11.1 Å². The van der Waals surface area contributed by atoms with E-state index in [1.54, 1.807) is 6.08 Å². The lowest BCUT2D eigenvalue weighted by atomic mass is 9.56. The Balaban J connectivity index is 1.78. The number of nitrogens with zero attached hydrogens (tertiary/aromatic N) is 2. The molecule has 0 bridgehead atoms. The van der Waals surface area contributed by atoms with Gasteiger partial charge in [0.15, 0.2) is 9.75 Å². The number of imide groups is 2. The highest BCUT2D eigenvalue weighted by Gasteiger charge is 2.76. The van der Waals surface area contributed by atoms with Gasteiger partial charge in [-0.3, -0.25) is 29.3 Å². The number of allylic oxidation sites excluding steroid dienone is 2. The zero-order chi connectivity index (χ0) is 24.0. The Morgan fingerprint density at radius 3 is 2.45 bits per heavy atom. The van der Waals surface area contributed by atoms with Crippen LogP contribution in [0.1, 0.15) is 24.3 Å². The number of aromatic hydroxyl groups is 1. The van der Waals surface area contributed by atoms with Crippen LogP contribution in [-0.4, -0.2) is 67.8 Å². The predicted octanol–water partition coefficient (Wildman–Crippen LogP) is 1.78. The van der Waals surface area contributed by atoms with Crippen molar-refractivity contribution in [2.75, 3.05) is 14.2 Å². The van der Waals surface area contributed by atoms with E-state index in [-0.39, 0.29) is 29.4 Å². The van der Waals surface area contributed by atoms with Crippen molar-refractivity contribution in [3.8, 4) is 11.5 Å². The second-order valence-electron chi connectivity index (χ2n) is 8.91. The van der Waals surface area contributed by atoms with E-state index in [2.05, 4.69) is 0 Å². The third-order valence-electron chi connectivity index (χ3n) is 7.52. The Bertz CT molecular complexity index is 1170. The van der Waals surface area contributed by atoms with E-state index in [4.69, 9.17) is 27.9 Å². The molecule has 0 aromatic heterocycles. The Hall–Kier alpha value is -2.62. The Labute approximate surface area is 198 Å². The van der Waals surface area contributed by atoms with Crippen molar-refractivity contribution < 1.29 is 34.2 Å². The standard InChI is InChI=1S/C22H20Cl2N2O7/c1-25-19(30)21(23)8-13-10(5-6-12-15(13)18(29)26(32)17(12)28)16(22(21,24)20(25)31)11-4-3-9(27)7-14(11)33-2/h3-5,7,12-13,15-16,27,32H,6,8H2,1-2H3/t12-,13+,15-,16+,21+,22-/m0/s1. The fraction of sp³-hybridized carbons (Fsp3) is 0.455. The maximum Gasteiger partial charge on any atom is 0.257 e. The number of phenols is 1. The molecule has 11 heteroatoms. The van der Waals surface area contributed by atoms with Crippen molar-refractivity contribution >= 4 is 46.8 Å². The molecule has 9 nitrogen and oxygen atoms in total. The third kappa shape index (κ3) is 2.53. The minimum atomic E-state index is -1.94. The lowest BCUT2D eigenvalue weighted by Crippen LogP contribution is -2.60. The van der Waals surface area contributed by atoms with Crippen LogP contribution < -0.4 is 4.74 Å². The van der Waals surface area contributed by atoms with Crippen LogP contribution in [0.2, 0.25) is 0 Å². The number of rotatable bonds is 2. The van der Waals surface area contributed by atoms with E-state index < -0.39 is 57.0 Å². The molecule has 0 spiro atoms. The number of ether oxygens (including phenoxy) is 1. The van der Waals surface area contributed by atoms with Gasteiger partial charge in [-0.25, -0.2) is 0 Å². The molecule has 6 atom stereocenters. The number of fused-ring (bicyclic) bond motifs is 4. The summed E-state index contributed by atoms with van der Waals surface area (Å²) >= 11 is 14.0. The molecule has 1 saturated carbocycles. The molecule has 2 aliphatic carbocycles. The van der Waals surface area contributed by atoms with Crippen LogP contribution in [0.3, 0.4) is 0 Å². The SMILES string of the molecule is COc1cc(O)ccc1[C@H]1C2=CC[C@@H]3C(=O)N(O)C(=O)[C@@H]3[C@@H]2C[C@@]2(Cl)C(=O)N(C)C(=O)[C@@]12Cl. The number of hydroxylamine groups is 2. The molecule has 174 valence electrons. The first-order valence-electron chi connectivity index (χ1n) is 10.3. The molecule has 33 heavy (non-hydrogen) atoms. The van der Waals surface area contributed by atoms with Crippen molar-refractivity contribution in [1.29, 1.82) is 0 Å². The summed E-state index contributed by atoms with van der Waals surface area (Å²) in [5.41, 5.74) is 0.971. The first-order valence-corrected chi connectivity index (χ1v) is 11.1. The van der Waals surface area contributed by atoms with Gasteiger partial charge in [0.05, 0.1) is 18.9 Å². The lowest BCUT2D eigenvalue weighted by Gasteiger charge is -2.50. The minimum absolute atomic E-state index is 0.0835. The summed E-state index contributed by atoms with van der Waals surface area (Å²) in [5, 5.41) is 20.1. The van der Waals surface area contributed by atoms with Gasteiger partial charge in [0.2, 0.25) is 0 Å². The van der Waals surface area contributed by atoms with Crippen LogP contribution >= 0.6 is 23.2 Å². The van der Waals surface area contributed by atoms with Crippen molar-refractivity contribution in [2.45, 2.75) is 28.5 Å². The Kier molecular flexibility index (Phi) is 4.67. The maximum absolute atomic E-state index is 13.4. The van der Waals surface area contributed by atoms with Gasteiger partial charge in [-0.1, -0.05) is 17.7 Å². The molecule has 1 aromatic rings. The predicted molar refractivity (Wildman–Crippen MR) is 114 cm³/mol. The molecular weight excluding hydrogens is 475 g/mol. The number of halogens is 2. The normalized spacial score (nSPS) is 37.7.